The van der Waals surface area contributed by atoms with Crippen molar-refractivity contribution in [3.8, 4) is 17.6 Å². The van der Waals surface area contributed by atoms with Gasteiger partial charge in [-0.15, -0.1) is 0 Å². The van der Waals surface area contributed by atoms with Crippen LogP contribution < -0.4 is 20.3 Å². The van der Waals surface area contributed by atoms with Crippen molar-refractivity contribution in [1.29, 1.82) is 5.26 Å². The molecule has 1 amide bonds. The minimum atomic E-state index is -1.85. The molecule has 348 valence electrons. The van der Waals surface area contributed by atoms with Crippen LogP contribution in [0.4, 0.5) is 5.95 Å². The molecule has 5 atom stereocenters. The van der Waals surface area contributed by atoms with Crippen LogP contribution in [-0.4, -0.2) is 108 Å². The van der Waals surface area contributed by atoms with Crippen molar-refractivity contribution in [2.45, 2.75) is 90.2 Å². The number of carbonyl (C=O) groups is 1. The number of H-pyrrole nitrogens is 1. The van der Waals surface area contributed by atoms with Gasteiger partial charge in [0.15, 0.2) is 17.4 Å². The van der Waals surface area contributed by atoms with Gasteiger partial charge in [-0.05, 0) is 68.7 Å². The van der Waals surface area contributed by atoms with E-state index in [1.165, 1.54) is 6.33 Å². The highest BCUT2D eigenvalue weighted by molar-refractivity contribution is 7.44. The fourth-order valence-electron chi connectivity index (χ4n) is 7.75. The molecule has 1 fully saturated rings. The monoisotopic (exact) mass is 913 g/mol. The van der Waals surface area contributed by atoms with Gasteiger partial charge in [0.2, 0.25) is 11.9 Å². The second-order valence-electron chi connectivity index (χ2n) is 16.2. The minimum absolute atomic E-state index is 0.0206. The normalized spacial score (nSPS) is 18.2. The Labute approximate surface area is 381 Å². The molecular weight excluding hydrogens is 854 g/mol. The van der Waals surface area contributed by atoms with Crippen molar-refractivity contribution in [1.82, 2.24) is 24.2 Å². The van der Waals surface area contributed by atoms with E-state index >= 15 is 0 Å². The molecule has 1 aliphatic heterocycles. The maximum Gasteiger partial charge on any atom is 0.280 e. The number of carbonyl (C=O) groups excluding carboxylic acids is 1. The summed E-state index contributed by atoms with van der Waals surface area (Å²) in [6.07, 6.45) is -2.07. The number of nitriles is 1. The van der Waals surface area contributed by atoms with Crippen molar-refractivity contribution in [2.24, 2.45) is 5.92 Å². The highest BCUT2D eigenvalue weighted by atomic mass is 31.2. The highest BCUT2D eigenvalue weighted by Crippen LogP contribution is 2.51. The molecule has 1 saturated heterocycles. The molecule has 5 aromatic rings. The summed E-state index contributed by atoms with van der Waals surface area (Å²) in [7, 11) is 2.97. The second-order valence-corrected chi connectivity index (χ2v) is 17.6. The molecular formula is C47H60N7O10P. The Kier molecular flexibility index (Phi) is 17.2. The van der Waals surface area contributed by atoms with Crippen molar-refractivity contribution in [2.75, 3.05) is 53.1 Å². The first-order chi connectivity index (χ1) is 31.4. The SMILES string of the molecule is COCCOC1[C@H](n2cnc3c(=O)[nH]c(NC(=O)C(C)C)nc32)O[C@H](COC(c2ccccc2)(c2ccc(OC)cc2)c2ccc(OC)cc2)[C@H]1OP(OCCC#N)N(C(C)C)C(C)C. The van der Waals surface area contributed by atoms with Crippen LogP contribution >= 0.6 is 8.53 Å². The number of aromatic nitrogens is 4. The standard InChI is InChI=1S/C47H60N7O10P/c1-30(2)43(55)51-46-50-42-39(44(56)52-46)49-29-53(42)45-41(60-27-26-57-7)40(64-65(62-25-13-24-48)54(31(3)4)32(5)6)38(63-45)28-61-47(33-14-11-10-12-15-33,34-16-20-36(58-8)21-17-34)35-18-22-37(59-9)23-19-35/h10-12,14-23,29-32,38,40-41,45H,13,25-28H2,1-9H3,(H2,50,51,52,55,56)/t38-,40-,41?,45-,65?/m1/s1. The highest BCUT2D eigenvalue weighted by Gasteiger charge is 2.52. The Hall–Kier alpha value is -5.28. The average Bonchev–Trinajstić information content (AvgIpc) is 3.88. The zero-order valence-corrected chi connectivity index (χ0v) is 39.3. The quantitative estimate of drug-likeness (QED) is 0.0376. The number of nitrogens with one attached hydrogen (secondary N) is 2. The Bertz CT molecular complexity index is 2330. The smallest absolute Gasteiger partial charge is 0.280 e. The first-order valence-corrected chi connectivity index (χ1v) is 22.8. The summed E-state index contributed by atoms with van der Waals surface area (Å²) in [5, 5.41) is 12.2. The summed E-state index contributed by atoms with van der Waals surface area (Å²) in [5.41, 5.74) is 0.841. The summed E-state index contributed by atoms with van der Waals surface area (Å²) in [4.78, 5) is 38.0. The van der Waals surface area contributed by atoms with Crippen molar-refractivity contribution >= 4 is 31.5 Å². The Morgan fingerprint density at radius 1 is 0.892 bits per heavy atom. The summed E-state index contributed by atoms with van der Waals surface area (Å²) < 4.78 is 55.2. The molecule has 3 aromatic carbocycles. The lowest BCUT2D eigenvalue weighted by Gasteiger charge is -2.39. The average molecular weight is 914 g/mol. The van der Waals surface area contributed by atoms with Crippen molar-refractivity contribution in [3.63, 3.8) is 0 Å². The predicted molar refractivity (Wildman–Crippen MR) is 245 cm³/mol. The van der Waals surface area contributed by atoms with Gasteiger partial charge in [-0.1, -0.05) is 68.4 Å². The fraction of sp³-hybridized carbons (Fsp3) is 0.468. The molecule has 0 spiro atoms. The summed E-state index contributed by atoms with van der Waals surface area (Å²) in [6, 6.07) is 27.5. The molecule has 2 unspecified atom stereocenters. The second kappa shape index (κ2) is 22.8. The number of ether oxygens (including phenoxy) is 6. The van der Waals surface area contributed by atoms with Gasteiger partial charge >= 0.3 is 0 Å². The Morgan fingerprint density at radius 2 is 1.51 bits per heavy atom. The molecule has 2 aromatic heterocycles. The molecule has 0 aliphatic carbocycles. The third-order valence-electron chi connectivity index (χ3n) is 10.9. The van der Waals surface area contributed by atoms with Crippen LogP contribution in [0.15, 0.2) is 90.0 Å². The first kappa shape index (κ1) is 49.2. The van der Waals surface area contributed by atoms with E-state index in [4.69, 9.17) is 37.5 Å². The maximum absolute atomic E-state index is 13.5. The zero-order chi connectivity index (χ0) is 46.7. The zero-order valence-electron chi connectivity index (χ0n) is 38.4. The molecule has 65 heavy (non-hydrogen) atoms. The van der Waals surface area contributed by atoms with Crippen LogP contribution in [0, 0.1) is 17.2 Å². The first-order valence-electron chi connectivity index (χ1n) is 21.6. The van der Waals surface area contributed by atoms with E-state index in [9.17, 15) is 14.9 Å². The molecule has 2 N–H and O–H groups in total. The minimum Gasteiger partial charge on any atom is -0.497 e. The lowest BCUT2D eigenvalue weighted by Crippen LogP contribution is -2.43. The molecule has 17 nitrogen and oxygen atoms in total. The number of aromatic amines is 1. The van der Waals surface area contributed by atoms with E-state index in [1.54, 1.807) is 39.7 Å². The van der Waals surface area contributed by atoms with Crippen molar-refractivity contribution < 1.29 is 42.3 Å². The van der Waals surface area contributed by atoms with Crippen LogP contribution in [-0.2, 0) is 38.4 Å². The molecule has 0 bridgehead atoms. The number of anilines is 1. The van der Waals surface area contributed by atoms with E-state index < -0.39 is 44.2 Å². The van der Waals surface area contributed by atoms with Gasteiger partial charge in [-0.2, -0.15) is 10.2 Å². The topological polar surface area (TPSA) is 194 Å². The molecule has 1 aliphatic rings. The van der Waals surface area contributed by atoms with Crippen LogP contribution in [0.3, 0.4) is 0 Å². The van der Waals surface area contributed by atoms with E-state index in [0.29, 0.717) is 11.5 Å². The van der Waals surface area contributed by atoms with Gasteiger partial charge in [0, 0.05) is 25.1 Å². The van der Waals surface area contributed by atoms with Crippen LogP contribution in [0.5, 0.6) is 11.5 Å². The lowest BCUT2D eigenvalue weighted by molar-refractivity contribution is -0.118. The molecule has 6 rings (SSSR count). The molecule has 0 radical (unpaired) electrons. The fourth-order valence-corrected chi connectivity index (χ4v) is 9.52. The molecule has 0 saturated carbocycles. The van der Waals surface area contributed by atoms with Gasteiger partial charge < -0.3 is 37.5 Å². The van der Waals surface area contributed by atoms with Crippen molar-refractivity contribution in [3.05, 3.63) is 112 Å². The number of imidazole rings is 1. The third-order valence-corrected chi connectivity index (χ3v) is 13.0. The number of amides is 1. The predicted octanol–water partition coefficient (Wildman–Crippen LogP) is 7.33. The summed E-state index contributed by atoms with van der Waals surface area (Å²) in [6.45, 7) is 12.1. The lowest BCUT2D eigenvalue weighted by atomic mass is 9.80. The Morgan fingerprint density at radius 3 is 2.06 bits per heavy atom. The van der Waals surface area contributed by atoms with Gasteiger partial charge in [-0.3, -0.25) is 24.5 Å². The Balaban J connectivity index is 1.53. The van der Waals surface area contributed by atoms with Crippen LogP contribution in [0.2, 0.25) is 0 Å². The van der Waals surface area contributed by atoms with E-state index in [0.717, 1.165) is 16.7 Å². The number of benzene rings is 3. The number of fused-ring (bicyclic) bond motifs is 1. The number of hydrogen-bond acceptors (Lipinski definition) is 14. The number of methoxy groups -OCH3 is 3. The van der Waals surface area contributed by atoms with Crippen LogP contribution in [0.1, 0.15) is 70.9 Å². The van der Waals surface area contributed by atoms with Gasteiger partial charge in [0.05, 0.1) is 59.5 Å². The summed E-state index contributed by atoms with van der Waals surface area (Å²) in [5.74, 6) is 0.594. The van der Waals surface area contributed by atoms with Gasteiger partial charge in [0.1, 0.15) is 35.4 Å². The van der Waals surface area contributed by atoms with E-state index in [2.05, 4.69) is 58.7 Å². The molecule has 18 heteroatoms. The van der Waals surface area contributed by atoms with E-state index in [-0.39, 0.29) is 73.9 Å². The van der Waals surface area contributed by atoms with Gasteiger partial charge in [-0.25, -0.2) is 9.65 Å². The summed E-state index contributed by atoms with van der Waals surface area (Å²) >= 11 is 0. The number of rotatable bonds is 23. The number of nitrogens with zero attached hydrogens (tertiary/aromatic N) is 5. The third kappa shape index (κ3) is 11.2. The van der Waals surface area contributed by atoms with E-state index in [1.807, 2.05) is 78.9 Å². The largest absolute Gasteiger partial charge is 0.497 e. The van der Waals surface area contributed by atoms with Crippen LogP contribution in [0.25, 0.3) is 11.2 Å². The van der Waals surface area contributed by atoms with Gasteiger partial charge in [0.25, 0.3) is 14.1 Å². The maximum atomic E-state index is 13.5. The number of hydrogen-bond donors (Lipinski definition) is 2. The molecule has 3 heterocycles.